The summed E-state index contributed by atoms with van der Waals surface area (Å²) in [5.41, 5.74) is 8.85. The number of H-pyrrole nitrogens is 1. The fourth-order valence-corrected chi connectivity index (χ4v) is 3.34. The Labute approximate surface area is 159 Å². The molecule has 0 unspecified atom stereocenters. The van der Waals surface area contributed by atoms with Crippen LogP contribution in [0.4, 0.5) is 0 Å². The first-order valence-electron chi connectivity index (χ1n) is 8.78. The zero-order valence-electron chi connectivity index (χ0n) is 15.0. The van der Waals surface area contributed by atoms with Gasteiger partial charge in [0.1, 0.15) is 23.0 Å². The number of benzene rings is 1. The van der Waals surface area contributed by atoms with Gasteiger partial charge in [0.2, 0.25) is 5.88 Å². The average Bonchev–Trinajstić information content (AvgIpc) is 3.33. The molecule has 0 aliphatic heterocycles. The molecule has 0 saturated heterocycles. The van der Waals surface area contributed by atoms with Crippen molar-refractivity contribution in [2.45, 2.75) is 18.4 Å². The smallest absolute Gasteiger partial charge is 0.222 e. The van der Waals surface area contributed by atoms with E-state index in [1.165, 1.54) is 0 Å². The number of nitrogens with one attached hydrogen (secondary N) is 1. The molecule has 8 nitrogen and oxygen atoms in total. The lowest BCUT2D eigenvalue weighted by molar-refractivity contribution is 0.417. The molecular weight excluding hydrogens is 356 g/mol. The molecule has 4 N–H and O–H groups in total. The topological polar surface area (TPSA) is 134 Å². The van der Waals surface area contributed by atoms with Crippen molar-refractivity contribution < 1.29 is 9.84 Å². The number of hydrogen-bond acceptors (Lipinski definition) is 7. The van der Waals surface area contributed by atoms with Crippen molar-refractivity contribution in [1.29, 1.82) is 5.26 Å². The van der Waals surface area contributed by atoms with Crippen LogP contribution in [0.5, 0.6) is 11.6 Å². The Morgan fingerprint density at radius 3 is 2.71 bits per heavy atom. The lowest BCUT2D eigenvalue weighted by atomic mass is 10.0. The molecular formula is C20H16N6O2. The highest BCUT2D eigenvalue weighted by atomic mass is 16.5. The fourth-order valence-electron chi connectivity index (χ4n) is 3.34. The summed E-state index contributed by atoms with van der Waals surface area (Å²) in [6.07, 6.45) is 4.92. The number of aromatic nitrogens is 4. The quantitative estimate of drug-likeness (QED) is 0.503. The van der Waals surface area contributed by atoms with Crippen molar-refractivity contribution in [2.75, 3.05) is 7.11 Å². The van der Waals surface area contributed by atoms with Crippen LogP contribution in [0.15, 0.2) is 30.6 Å². The van der Waals surface area contributed by atoms with Gasteiger partial charge in [0, 0.05) is 23.3 Å². The molecule has 0 bridgehead atoms. The molecule has 28 heavy (non-hydrogen) atoms. The first-order chi connectivity index (χ1) is 13.5. The molecule has 0 spiro atoms. The van der Waals surface area contributed by atoms with Crippen molar-refractivity contribution in [3.05, 3.63) is 42.0 Å². The molecule has 138 valence electrons. The van der Waals surface area contributed by atoms with Crippen LogP contribution in [0.3, 0.4) is 0 Å². The van der Waals surface area contributed by atoms with E-state index < -0.39 is 5.54 Å². The minimum atomic E-state index is -0.563. The summed E-state index contributed by atoms with van der Waals surface area (Å²) < 4.78 is 5.53. The lowest BCUT2D eigenvalue weighted by Crippen LogP contribution is -2.22. The van der Waals surface area contributed by atoms with Gasteiger partial charge >= 0.3 is 0 Å². The van der Waals surface area contributed by atoms with E-state index in [1.54, 1.807) is 25.6 Å². The van der Waals surface area contributed by atoms with Crippen molar-refractivity contribution in [3.8, 4) is 28.8 Å². The lowest BCUT2D eigenvalue weighted by Gasteiger charge is -2.13. The Balaban J connectivity index is 1.73. The maximum Gasteiger partial charge on any atom is 0.222 e. The zero-order chi connectivity index (χ0) is 19.5. The van der Waals surface area contributed by atoms with Gasteiger partial charge in [0.05, 0.1) is 23.6 Å². The van der Waals surface area contributed by atoms with E-state index in [9.17, 15) is 10.4 Å². The van der Waals surface area contributed by atoms with Crippen molar-refractivity contribution in [1.82, 2.24) is 19.9 Å². The Morgan fingerprint density at radius 2 is 2.00 bits per heavy atom. The molecule has 1 aliphatic carbocycles. The monoisotopic (exact) mass is 372 g/mol. The molecule has 0 atom stereocenters. The maximum atomic E-state index is 10.5. The SMILES string of the molecule is COc1cc(-c2cnc3[nH]cc(C#N)c3c2)cc2c(O)nc(C3(N)CC3)nc12. The highest BCUT2D eigenvalue weighted by Gasteiger charge is 2.43. The van der Waals surface area contributed by atoms with E-state index in [-0.39, 0.29) is 5.88 Å². The summed E-state index contributed by atoms with van der Waals surface area (Å²) in [6, 6.07) is 7.64. The summed E-state index contributed by atoms with van der Waals surface area (Å²) in [5, 5.41) is 21.0. The van der Waals surface area contributed by atoms with Crippen LogP contribution in [0, 0.1) is 11.3 Å². The number of ether oxygens (including phenoxy) is 1. The minimum absolute atomic E-state index is 0.134. The summed E-state index contributed by atoms with van der Waals surface area (Å²) in [4.78, 5) is 16.1. The molecule has 1 aliphatic rings. The average molecular weight is 372 g/mol. The predicted molar refractivity (Wildman–Crippen MR) is 103 cm³/mol. The number of methoxy groups -OCH3 is 1. The largest absolute Gasteiger partial charge is 0.494 e. The maximum absolute atomic E-state index is 10.5. The Bertz CT molecular complexity index is 1300. The minimum Gasteiger partial charge on any atom is -0.494 e. The van der Waals surface area contributed by atoms with E-state index in [0.29, 0.717) is 33.7 Å². The van der Waals surface area contributed by atoms with Crippen LogP contribution in [-0.4, -0.2) is 32.2 Å². The first kappa shape index (κ1) is 16.5. The highest BCUT2D eigenvalue weighted by molar-refractivity contribution is 5.94. The summed E-state index contributed by atoms with van der Waals surface area (Å²) >= 11 is 0. The molecule has 3 heterocycles. The van der Waals surface area contributed by atoms with Crippen LogP contribution in [0.25, 0.3) is 33.1 Å². The normalized spacial score (nSPS) is 14.9. The third kappa shape index (κ3) is 2.37. The Kier molecular flexibility index (Phi) is 3.32. The third-order valence-electron chi connectivity index (χ3n) is 5.18. The molecule has 8 heteroatoms. The predicted octanol–water partition coefficient (Wildman–Crippen LogP) is 2.71. The van der Waals surface area contributed by atoms with Gasteiger partial charge in [0.15, 0.2) is 5.82 Å². The van der Waals surface area contributed by atoms with Crippen LogP contribution in [-0.2, 0) is 5.54 Å². The van der Waals surface area contributed by atoms with Gasteiger partial charge < -0.3 is 20.6 Å². The second-order valence-corrected chi connectivity index (χ2v) is 7.04. The van der Waals surface area contributed by atoms with Crippen molar-refractivity contribution in [2.24, 2.45) is 5.73 Å². The van der Waals surface area contributed by atoms with Gasteiger partial charge in [-0.25, -0.2) is 9.97 Å². The van der Waals surface area contributed by atoms with Gasteiger partial charge in [-0.2, -0.15) is 10.2 Å². The van der Waals surface area contributed by atoms with E-state index in [2.05, 4.69) is 26.0 Å². The number of pyridine rings is 1. The number of nitrogens with two attached hydrogens (primary N) is 1. The molecule has 4 aromatic rings. The van der Waals surface area contributed by atoms with Crippen molar-refractivity contribution in [3.63, 3.8) is 0 Å². The molecule has 0 radical (unpaired) electrons. The fraction of sp³-hybridized carbons (Fsp3) is 0.200. The van der Waals surface area contributed by atoms with Crippen molar-refractivity contribution >= 4 is 21.9 Å². The zero-order valence-corrected chi connectivity index (χ0v) is 15.0. The summed E-state index contributed by atoms with van der Waals surface area (Å²) in [7, 11) is 1.55. The second-order valence-electron chi connectivity index (χ2n) is 7.04. The third-order valence-corrected chi connectivity index (χ3v) is 5.18. The van der Waals surface area contributed by atoms with Crippen LogP contribution >= 0.6 is 0 Å². The molecule has 5 rings (SSSR count). The highest BCUT2D eigenvalue weighted by Crippen LogP contribution is 2.43. The van der Waals surface area contributed by atoms with Crippen LogP contribution < -0.4 is 10.5 Å². The van der Waals surface area contributed by atoms with Gasteiger partial charge in [-0.1, -0.05) is 0 Å². The number of nitrogens with zero attached hydrogens (tertiary/aromatic N) is 4. The molecule has 1 saturated carbocycles. The number of fused-ring (bicyclic) bond motifs is 2. The standard InChI is InChI=1S/C20H16N6O2/c1-28-15-6-10(11-5-13-12(7-21)9-24-17(13)23-8-11)4-14-16(15)25-19(26-18(14)27)20(22)2-3-20/h4-6,8-9H,2-3,22H2,1H3,(H,23,24)(H,25,26,27). The van der Waals surface area contributed by atoms with Crippen LogP contribution in [0.1, 0.15) is 24.2 Å². The van der Waals surface area contributed by atoms with Gasteiger partial charge in [0.25, 0.3) is 0 Å². The molecule has 0 amide bonds. The molecule has 1 aromatic carbocycles. The number of hydrogen-bond donors (Lipinski definition) is 3. The van der Waals surface area contributed by atoms with Gasteiger partial charge in [-0.15, -0.1) is 0 Å². The molecule has 1 fully saturated rings. The number of nitriles is 1. The second kappa shape index (κ2) is 5.65. The van der Waals surface area contributed by atoms with Crippen LogP contribution in [0.2, 0.25) is 0 Å². The van der Waals surface area contributed by atoms with E-state index >= 15 is 0 Å². The Hall–Kier alpha value is -3.70. The number of rotatable bonds is 3. The first-order valence-corrected chi connectivity index (χ1v) is 8.78. The van der Waals surface area contributed by atoms with Gasteiger partial charge in [-0.05, 0) is 36.6 Å². The van der Waals surface area contributed by atoms with E-state index in [0.717, 1.165) is 29.4 Å². The van der Waals surface area contributed by atoms with Gasteiger partial charge in [-0.3, -0.25) is 0 Å². The summed E-state index contributed by atoms with van der Waals surface area (Å²) in [6.45, 7) is 0. The Morgan fingerprint density at radius 1 is 1.21 bits per heavy atom. The molecule has 3 aromatic heterocycles. The summed E-state index contributed by atoms with van der Waals surface area (Å²) in [5.74, 6) is 0.799. The van der Waals surface area contributed by atoms with E-state index in [1.807, 2.05) is 12.1 Å². The number of aromatic amines is 1. The number of aromatic hydroxyl groups is 1. The van der Waals surface area contributed by atoms with E-state index in [4.69, 9.17) is 10.5 Å².